The Kier molecular flexibility index (Phi) is 5.16. The van der Waals surface area contributed by atoms with Crippen molar-refractivity contribution in [3.8, 4) is 0 Å². The molecule has 0 aliphatic heterocycles. The molecule has 3 nitrogen and oxygen atoms in total. The molecule has 0 saturated carbocycles. The van der Waals surface area contributed by atoms with Gasteiger partial charge in [0.05, 0.1) is 0 Å². The van der Waals surface area contributed by atoms with E-state index in [1.807, 2.05) is 62.4 Å². The third-order valence-corrected chi connectivity index (χ3v) is 3.20. The lowest BCUT2D eigenvalue weighted by Crippen LogP contribution is -2.31. The van der Waals surface area contributed by atoms with E-state index in [9.17, 15) is 4.79 Å². The van der Waals surface area contributed by atoms with E-state index in [0.29, 0.717) is 6.54 Å². The van der Waals surface area contributed by atoms with Gasteiger partial charge >= 0.3 is 6.03 Å². The SMILES string of the molecule is Cc1cccc(CNC(=O)N/C=C/c2ccccc2C)c1. The van der Waals surface area contributed by atoms with Crippen molar-refractivity contribution < 1.29 is 4.79 Å². The Bertz CT molecular complexity index is 647. The zero-order valence-corrected chi connectivity index (χ0v) is 12.4. The van der Waals surface area contributed by atoms with Crippen LogP contribution in [0.5, 0.6) is 0 Å². The lowest BCUT2D eigenvalue weighted by molar-refractivity contribution is 0.244. The van der Waals surface area contributed by atoms with Crippen molar-refractivity contribution in [1.29, 1.82) is 0 Å². The van der Waals surface area contributed by atoms with Gasteiger partial charge in [0.15, 0.2) is 0 Å². The first-order valence-electron chi connectivity index (χ1n) is 6.97. The predicted molar refractivity (Wildman–Crippen MR) is 86.8 cm³/mol. The molecule has 3 heteroatoms. The Morgan fingerprint density at radius 1 is 1.10 bits per heavy atom. The van der Waals surface area contributed by atoms with Crippen LogP contribution in [0, 0.1) is 13.8 Å². The highest BCUT2D eigenvalue weighted by molar-refractivity contribution is 5.76. The second kappa shape index (κ2) is 7.29. The summed E-state index contributed by atoms with van der Waals surface area (Å²) in [6, 6.07) is 15.9. The standard InChI is InChI=1S/C18H20N2O/c1-14-6-5-8-16(12-14)13-20-18(21)19-11-10-17-9-4-3-7-15(17)2/h3-12H,13H2,1-2H3,(H2,19,20,21)/b11-10+. The Morgan fingerprint density at radius 3 is 2.67 bits per heavy atom. The van der Waals surface area contributed by atoms with Crippen molar-refractivity contribution in [3.05, 3.63) is 77.0 Å². The summed E-state index contributed by atoms with van der Waals surface area (Å²) >= 11 is 0. The zero-order valence-electron chi connectivity index (χ0n) is 12.4. The summed E-state index contributed by atoms with van der Waals surface area (Å²) in [4.78, 5) is 11.7. The molecule has 2 amide bonds. The lowest BCUT2D eigenvalue weighted by atomic mass is 10.1. The molecule has 0 aliphatic carbocycles. The molecule has 21 heavy (non-hydrogen) atoms. The van der Waals surface area contributed by atoms with E-state index in [0.717, 1.165) is 11.1 Å². The fourth-order valence-corrected chi connectivity index (χ4v) is 2.04. The molecule has 0 fully saturated rings. The third kappa shape index (κ3) is 4.80. The molecule has 2 aromatic rings. The molecule has 0 heterocycles. The van der Waals surface area contributed by atoms with Crippen LogP contribution in [0.2, 0.25) is 0 Å². The van der Waals surface area contributed by atoms with Crippen molar-refractivity contribution in [2.45, 2.75) is 20.4 Å². The van der Waals surface area contributed by atoms with Gasteiger partial charge in [-0.15, -0.1) is 0 Å². The van der Waals surface area contributed by atoms with Gasteiger partial charge < -0.3 is 10.6 Å². The van der Waals surface area contributed by atoms with E-state index in [1.165, 1.54) is 11.1 Å². The van der Waals surface area contributed by atoms with Crippen molar-refractivity contribution in [2.24, 2.45) is 0 Å². The van der Waals surface area contributed by atoms with Crippen LogP contribution >= 0.6 is 0 Å². The average molecular weight is 280 g/mol. The average Bonchev–Trinajstić information content (AvgIpc) is 2.47. The van der Waals surface area contributed by atoms with Crippen LogP contribution in [0.4, 0.5) is 4.79 Å². The van der Waals surface area contributed by atoms with E-state index >= 15 is 0 Å². The number of carbonyl (C=O) groups is 1. The van der Waals surface area contributed by atoms with E-state index in [4.69, 9.17) is 0 Å². The van der Waals surface area contributed by atoms with Crippen molar-refractivity contribution >= 4 is 12.1 Å². The zero-order chi connectivity index (χ0) is 15.1. The van der Waals surface area contributed by atoms with Crippen LogP contribution in [-0.2, 0) is 6.54 Å². The van der Waals surface area contributed by atoms with Gasteiger partial charge in [0, 0.05) is 12.7 Å². The molecule has 0 aromatic heterocycles. The highest BCUT2D eigenvalue weighted by Crippen LogP contribution is 2.08. The van der Waals surface area contributed by atoms with Crippen LogP contribution in [0.25, 0.3) is 6.08 Å². The van der Waals surface area contributed by atoms with Crippen LogP contribution in [-0.4, -0.2) is 6.03 Å². The monoisotopic (exact) mass is 280 g/mol. The summed E-state index contributed by atoms with van der Waals surface area (Å²) in [5.41, 5.74) is 4.55. The first-order valence-corrected chi connectivity index (χ1v) is 6.97. The maximum atomic E-state index is 11.7. The van der Waals surface area contributed by atoms with E-state index in [1.54, 1.807) is 6.20 Å². The summed E-state index contributed by atoms with van der Waals surface area (Å²) in [7, 11) is 0. The van der Waals surface area contributed by atoms with Crippen LogP contribution < -0.4 is 10.6 Å². The Morgan fingerprint density at radius 2 is 1.90 bits per heavy atom. The number of hydrogen-bond acceptors (Lipinski definition) is 1. The summed E-state index contributed by atoms with van der Waals surface area (Å²) < 4.78 is 0. The Balaban J connectivity index is 1.81. The molecule has 2 N–H and O–H groups in total. The fourth-order valence-electron chi connectivity index (χ4n) is 2.04. The van der Waals surface area contributed by atoms with Gasteiger partial charge in [-0.1, -0.05) is 54.1 Å². The predicted octanol–water partition coefficient (Wildman–Crippen LogP) is 3.77. The second-order valence-electron chi connectivity index (χ2n) is 5.01. The maximum absolute atomic E-state index is 11.7. The van der Waals surface area contributed by atoms with Crippen LogP contribution in [0.1, 0.15) is 22.3 Å². The smallest absolute Gasteiger partial charge is 0.319 e. The van der Waals surface area contributed by atoms with Crippen LogP contribution in [0.15, 0.2) is 54.7 Å². The lowest BCUT2D eigenvalue weighted by Gasteiger charge is -2.05. The molecule has 2 rings (SSSR count). The number of amides is 2. The van der Waals surface area contributed by atoms with E-state index in [-0.39, 0.29) is 6.03 Å². The van der Waals surface area contributed by atoms with E-state index in [2.05, 4.69) is 16.7 Å². The number of aryl methyl sites for hydroxylation is 2. The van der Waals surface area contributed by atoms with Gasteiger partial charge in [0.2, 0.25) is 0 Å². The second-order valence-corrected chi connectivity index (χ2v) is 5.01. The number of carbonyl (C=O) groups excluding carboxylic acids is 1. The van der Waals surface area contributed by atoms with Crippen molar-refractivity contribution in [3.63, 3.8) is 0 Å². The normalized spacial score (nSPS) is 10.6. The minimum atomic E-state index is -0.207. The highest BCUT2D eigenvalue weighted by atomic mass is 16.2. The van der Waals surface area contributed by atoms with Crippen molar-refractivity contribution in [1.82, 2.24) is 10.6 Å². The molecule has 2 aromatic carbocycles. The Labute approximate surface area is 125 Å². The summed E-state index contributed by atoms with van der Waals surface area (Å²) in [5.74, 6) is 0. The maximum Gasteiger partial charge on any atom is 0.319 e. The largest absolute Gasteiger partial charge is 0.334 e. The van der Waals surface area contributed by atoms with Crippen LogP contribution in [0.3, 0.4) is 0 Å². The number of urea groups is 1. The molecule has 0 unspecified atom stereocenters. The molecule has 0 spiro atoms. The number of hydrogen-bond donors (Lipinski definition) is 2. The molecule has 0 bridgehead atoms. The summed E-state index contributed by atoms with van der Waals surface area (Å²) in [6.07, 6.45) is 3.55. The molecule has 0 saturated heterocycles. The molecular weight excluding hydrogens is 260 g/mol. The molecule has 0 aliphatic rings. The van der Waals surface area contributed by atoms with Gasteiger partial charge in [0.25, 0.3) is 0 Å². The number of benzene rings is 2. The third-order valence-electron chi connectivity index (χ3n) is 3.20. The number of nitrogens with one attached hydrogen (secondary N) is 2. The quantitative estimate of drug-likeness (QED) is 0.879. The summed E-state index contributed by atoms with van der Waals surface area (Å²) in [5, 5.41) is 5.54. The highest BCUT2D eigenvalue weighted by Gasteiger charge is 1.98. The first-order chi connectivity index (χ1) is 10.1. The molecule has 0 radical (unpaired) electrons. The van der Waals surface area contributed by atoms with E-state index < -0.39 is 0 Å². The first kappa shape index (κ1) is 14.9. The summed E-state index contributed by atoms with van der Waals surface area (Å²) in [6.45, 7) is 4.59. The molecular formula is C18H20N2O. The minimum absolute atomic E-state index is 0.207. The van der Waals surface area contributed by atoms with Gasteiger partial charge in [-0.05, 0) is 36.6 Å². The van der Waals surface area contributed by atoms with Gasteiger partial charge in [-0.3, -0.25) is 0 Å². The minimum Gasteiger partial charge on any atom is -0.334 e. The fraction of sp³-hybridized carbons (Fsp3) is 0.167. The Hall–Kier alpha value is -2.55. The van der Waals surface area contributed by atoms with Gasteiger partial charge in [-0.2, -0.15) is 0 Å². The molecule has 0 atom stereocenters. The van der Waals surface area contributed by atoms with Crippen molar-refractivity contribution in [2.75, 3.05) is 0 Å². The van der Waals surface area contributed by atoms with Gasteiger partial charge in [-0.25, -0.2) is 4.79 Å². The number of rotatable bonds is 4. The topological polar surface area (TPSA) is 41.1 Å². The molecule has 108 valence electrons. The van der Waals surface area contributed by atoms with Gasteiger partial charge in [0.1, 0.15) is 0 Å².